The number of allylic oxidation sites excluding steroid dienone is 5. The van der Waals surface area contributed by atoms with Crippen molar-refractivity contribution >= 4 is 7.37 Å². The molecule has 0 aliphatic rings. The van der Waals surface area contributed by atoms with Crippen LogP contribution in [0.3, 0.4) is 0 Å². The van der Waals surface area contributed by atoms with E-state index in [4.69, 9.17) is 4.74 Å². The topological polar surface area (TPSA) is 46.5 Å². The first-order valence-corrected chi connectivity index (χ1v) is 8.42. The van der Waals surface area contributed by atoms with Crippen LogP contribution in [-0.4, -0.2) is 16.9 Å². The molecule has 1 N–H and O–H groups in total. The molecule has 0 heterocycles. The van der Waals surface area contributed by atoms with Crippen molar-refractivity contribution in [2.24, 2.45) is 0 Å². The van der Waals surface area contributed by atoms with Gasteiger partial charge in [0.05, 0.1) is 0 Å². The molecule has 0 aliphatic heterocycles. The van der Waals surface area contributed by atoms with Gasteiger partial charge in [-0.2, -0.15) is 0 Å². The maximum Gasteiger partial charge on any atom is 0.239 e. The van der Waals surface area contributed by atoms with E-state index in [9.17, 15) is 9.46 Å². The Labute approximate surface area is 111 Å². The highest BCUT2D eigenvalue weighted by molar-refractivity contribution is 7.58. The second-order valence-electron chi connectivity index (χ2n) is 4.23. The minimum Gasteiger partial charge on any atom is -0.477 e. The molecule has 18 heavy (non-hydrogen) atoms. The van der Waals surface area contributed by atoms with E-state index in [1.165, 1.54) is 6.66 Å². The molecule has 1 atom stereocenters. The minimum absolute atomic E-state index is 0.499. The molecule has 1 unspecified atom stereocenters. The van der Waals surface area contributed by atoms with Gasteiger partial charge in [0.15, 0.2) is 5.34 Å². The Bertz CT molecular complexity index is 371. The zero-order valence-corrected chi connectivity index (χ0v) is 12.9. The van der Waals surface area contributed by atoms with Gasteiger partial charge in [0, 0.05) is 6.66 Å². The molecular weight excluding hydrogens is 247 g/mol. The summed E-state index contributed by atoms with van der Waals surface area (Å²) in [6, 6.07) is 0. The van der Waals surface area contributed by atoms with Crippen molar-refractivity contribution in [3.05, 3.63) is 36.1 Å². The Morgan fingerprint density at radius 1 is 1.28 bits per heavy atom. The molecule has 0 aliphatic carbocycles. The van der Waals surface area contributed by atoms with Gasteiger partial charge in [-0.15, -0.1) is 0 Å². The molecule has 0 saturated heterocycles. The fourth-order valence-electron chi connectivity index (χ4n) is 1.76. The molecule has 0 aromatic carbocycles. The van der Waals surface area contributed by atoms with E-state index in [1.807, 2.05) is 45.9 Å². The average Bonchev–Trinajstić information content (AvgIpc) is 2.31. The van der Waals surface area contributed by atoms with Crippen molar-refractivity contribution in [3.8, 4) is 0 Å². The molecule has 0 radical (unpaired) electrons. The lowest BCUT2D eigenvalue weighted by Crippen LogP contribution is -2.30. The van der Waals surface area contributed by atoms with E-state index < -0.39 is 12.7 Å². The number of hydrogen-bond donors (Lipinski definition) is 1. The maximum absolute atomic E-state index is 12.1. The summed E-state index contributed by atoms with van der Waals surface area (Å²) in [7, 11) is -3.34. The molecule has 0 aromatic heterocycles. The van der Waals surface area contributed by atoms with E-state index in [0.29, 0.717) is 18.6 Å². The number of rotatable bonds is 7. The molecule has 0 fully saturated rings. The van der Waals surface area contributed by atoms with E-state index >= 15 is 0 Å². The maximum atomic E-state index is 12.1. The van der Waals surface area contributed by atoms with Crippen LogP contribution in [0, 0.1) is 0 Å². The van der Waals surface area contributed by atoms with Crippen LogP contribution < -0.4 is 0 Å². The number of hydrogen-bond acceptors (Lipinski definition) is 2. The van der Waals surface area contributed by atoms with Gasteiger partial charge < -0.3 is 9.63 Å². The van der Waals surface area contributed by atoms with Crippen LogP contribution in [0.4, 0.5) is 0 Å². The van der Waals surface area contributed by atoms with Gasteiger partial charge in [-0.3, -0.25) is 4.57 Å². The van der Waals surface area contributed by atoms with Gasteiger partial charge in [0.25, 0.3) is 0 Å². The van der Waals surface area contributed by atoms with E-state index in [0.717, 1.165) is 0 Å². The van der Waals surface area contributed by atoms with Crippen LogP contribution in [-0.2, 0) is 9.30 Å². The second kappa shape index (κ2) is 7.60. The van der Waals surface area contributed by atoms with Crippen LogP contribution in [0.25, 0.3) is 0 Å². The van der Waals surface area contributed by atoms with Crippen molar-refractivity contribution in [3.63, 3.8) is 0 Å². The second-order valence-corrected chi connectivity index (χ2v) is 6.80. The Hall–Kier alpha value is -0.790. The smallest absolute Gasteiger partial charge is 0.239 e. The fraction of sp³-hybridized carbons (Fsp3) is 0.571. The zero-order chi connectivity index (χ0) is 14.2. The van der Waals surface area contributed by atoms with Gasteiger partial charge in [-0.25, -0.2) is 0 Å². The van der Waals surface area contributed by atoms with Gasteiger partial charge >= 0.3 is 0 Å². The molecule has 104 valence electrons. The van der Waals surface area contributed by atoms with Gasteiger partial charge in [0.1, 0.15) is 5.76 Å². The van der Waals surface area contributed by atoms with Crippen LogP contribution in [0.15, 0.2) is 36.1 Å². The van der Waals surface area contributed by atoms with E-state index in [-0.39, 0.29) is 0 Å². The molecule has 0 saturated carbocycles. The van der Waals surface area contributed by atoms with Crippen molar-refractivity contribution in [1.29, 1.82) is 0 Å². The van der Waals surface area contributed by atoms with Gasteiger partial charge in [-0.05, 0) is 38.8 Å². The number of ether oxygens (including phenoxy) is 1. The quantitative estimate of drug-likeness (QED) is 0.423. The molecule has 0 rings (SSSR count). The minimum atomic E-state index is -3.34. The lowest BCUT2D eigenvalue weighted by atomic mass is 10.2. The fourth-order valence-corrected chi connectivity index (χ4v) is 3.21. The summed E-state index contributed by atoms with van der Waals surface area (Å²) in [5.41, 5.74) is 0. The molecule has 3 nitrogen and oxygen atoms in total. The van der Waals surface area contributed by atoms with Crippen LogP contribution in [0.5, 0.6) is 0 Å². The van der Waals surface area contributed by atoms with Crippen molar-refractivity contribution < 1.29 is 14.2 Å². The summed E-state index contributed by atoms with van der Waals surface area (Å²) < 4.78 is 17.9. The van der Waals surface area contributed by atoms with E-state index in [2.05, 4.69) is 0 Å². The lowest BCUT2D eigenvalue weighted by molar-refractivity contribution is 0.0636. The first-order valence-electron chi connectivity index (χ1n) is 6.32. The summed E-state index contributed by atoms with van der Waals surface area (Å²) in [5, 5.41) is -1.00. The third kappa shape index (κ3) is 4.47. The normalized spacial score (nSPS) is 17.3. The van der Waals surface area contributed by atoms with Crippen LogP contribution in [0.1, 0.15) is 40.5 Å². The Kier molecular flexibility index (Phi) is 7.27. The average molecular weight is 272 g/mol. The Morgan fingerprint density at radius 3 is 2.17 bits per heavy atom. The Morgan fingerprint density at radius 2 is 1.83 bits per heavy atom. The first-order chi connectivity index (χ1) is 8.36. The van der Waals surface area contributed by atoms with Crippen LogP contribution >= 0.6 is 7.37 Å². The molecule has 4 heteroatoms. The summed E-state index contributed by atoms with van der Waals surface area (Å²) in [6.07, 6.45) is 10.2. The molecule has 0 aromatic rings. The molecule has 0 amide bonds. The highest BCUT2D eigenvalue weighted by Gasteiger charge is 2.43. The Balaban J connectivity index is 5.36. The summed E-state index contributed by atoms with van der Waals surface area (Å²) in [5.74, 6) is 0.607. The molecular formula is C14H25O3P. The largest absolute Gasteiger partial charge is 0.477 e. The summed E-state index contributed by atoms with van der Waals surface area (Å²) in [6.45, 7) is 8.91. The van der Waals surface area contributed by atoms with Gasteiger partial charge in [-0.1, -0.05) is 32.1 Å². The third-order valence-corrected chi connectivity index (χ3v) is 5.19. The summed E-state index contributed by atoms with van der Waals surface area (Å²) >= 11 is 0. The predicted molar refractivity (Wildman–Crippen MR) is 77.9 cm³/mol. The standard InChI is InChI=1S/C14H25O3P/c1-6-10-12-13(11-7-2)17-14(8-3,9-4)18(5,15)16/h6-7,10-12H,8-9H2,1-5H3,(H,15,16)/b10-6-,11-7-,13-12+. The van der Waals surface area contributed by atoms with Gasteiger partial charge in [0.2, 0.25) is 7.37 Å². The lowest BCUT2D eigenvalue weighted by Gasteiger charge is -2.35. The third-order valence-electron chi connectivity index (χ3n) is 2.95. The first kappa shape index (κ1) is 17.2. The summed E-state index contributed by atoms with van der Waals surface area (Å²) in [4.78, 5) is 9.93. The monoisotopic (exact) mass is 272 g/mol. The predicted octanol–water partition coefficient (Wildman–Crippen LogP) is 4.46. The van der Waals surface area contributed by atoms with Crippen molar-refractivity contribution in [2.45, 2.75) is 45.9 Å². The molecule has 0 bridgehead atoms. The van der Waals surface area contributed by atoms with Crippen molar-refractivity contribution in [2.75, 3.05) is 6.66 Å². The zero-order valence-electron chi connectivity index (χ0n) is 12.0. The van der Waals surface area contributed by atoms with Crippen molar-refractivity contribution in [1.82, 2.24) is 0 Å². The molecule has 0 spiro atoms. The highest BCUT2D eigenvalue weighted by Crippen LogP contribution is 2.56. The van der Waals surface area contributed by atoms with Crippen LogP contribution in [0.2, 0.25) is 0 Å². The van der Waals surface area contributed by atoms with E-state index in [1.54, 1.807) is 12.2 Å². The SMILES string of the molecule is C\C=C/C=C(\C=C/C)OC(CC)(CC)P(C)(=O)O. The highest BCUT2D eigenvalue weighted by atomic mass is 31.2.